The molecule has 0 aliphatic heterocycles. The van der Waals surface area contributed by atoms with Gasteiger partial charge in [-0.05, 0) is 40.7 Å². The number of hydrogen-bond acceptors (Lipinski definition) is 6. The third kappa shape index (κ3) is 6.88. The predicted molar refractivity (Wildman–Crippen MR) is 110 cm³/mol. The molecule has 0 saturated carbocycles. The maximum atomic E-state index is 15.0. The molecule has 0 amide bonds. The Morgan fingerprint density at radius 3 is 2.36 bits per heavy atom. The SMILES string of the molecule is CCOc1c(C(C)=O)cc(Cl)c(F)c1C(CO[S+](C)C(C)(C)C)OS(C)(=O)=O. The van der Waals surface area contributed by atoms with Crippen LogP contribution < -0.4 is 4.74 Å². The van der Waals surface area contributed by atoms with Gasteiger partial charge in [-0.3, -0.25) is 8.98 Å². The van der Waals surface area contributed by atoms with Crippen molar-refractivity contribution in [3.63, 3.8) is 0 Å². The van der Waals surface area contributed by atoms with E-state index in [-0.39, 0.29) is 39.9 Å². The molecule has 0 aliphatic rings. The summed E-state index contributed by atoms with van der Waals surface area (Å²) in [6.07, 6.45) is 1.33. The van der Waals surface area contributed by atoms with Gasteiger partial charge in [-0.1, -0.05) is 11.6 Å². The lowest BCUT2D eigenvalue weighted by atomic mass is 10.0. The minimum absolute atomic E-state index is 0.0386. The molecule has 160 valence electrons. The molecule has 6 nitrogen and oxygen atoms in total. The third-order valence-electron chi connectivity index (χ3n) is 3.75. The molecule has 2 unspecified atom stereocenters. The molecule has 0 radical (unpaired) electrons. The minimum atomic E-state index is -3.98. The molecule has 1 aromatic rings. The van der Waals surface area contributed by atoms with Crippen molar-refractivity contribution in [3.05, 3.63) is 28.0 Å². The Morgan fingerprint density at radius 1 is 1.36 bits per heavy atom. The first-order chi connectivity index (χ1) is 12.7. The van der Waals surface area contributed by atoms with Crippen LogP contribution in [0.3, 0.4) is 0 Å². The van der Waals surface area contributed by atoms with E-state index in [0.717, 1.165) is 12.3 Å². The normalized spacial score (nSPS) is 14.6. The molecular weight excluding hydrogens is 431 g/mol. The molecule has 0 N–H and O–H groups in total. The van der Waals surface area contributed by atoms with Crippen LogP contribution in [-0.4, -0.2) is 44.7 Å². The van der Waals surface area contributed by atoms with Crippen LogP contribution in [0, 0.1) is 5.82 Å². The number of ketones is 1. The van der Waals surface area contributed by atoms with Crippen LogP contribution in [0.4, 0.5) is 4.39 Å². The molecule has 0 bridgehead atoms. The third-order valence-corrected chi connectivity index (χ3v) is 6.82. The number of hydrogen-bond donors (Lipinski definition) is 0. The van der Waals surface area contributed by atoms with Gasteiger partial charge in [0, 0.05) is 0 Å². The lowest BCUT2D eigenvalue weighted by molar-refractivity contribution is 0.101. The molecule has 0 aliphatic carbocycles. The standard InChI is InChI=1S/C18H27ClFO6S2/c1-8-24-17-12(11(2)21)9-13(19)16(20)15(17)14(26-28(7,22)23)10-25-27(6)18(3,4)5/h9,14H,8,10H2,1-7H3/q+1. The smallest absolute Gasteiger partial charge is 0.265 e. The Morgan fingerprint density at radius 2 is 1.93 bits per heavy atom. The second-order valence-corrected chi connectivity index (χ2v) is 11.5. The summed E-state index contributed by atoms with van der Waals surface area (Å²) in [5.74, 6) is -1.42. The van der Waals surface area contributed by atoms with Crippen LogP contribution in [0.2, 0.25) is 5.02 Å². The van der Waals surface area contributed by atoms with E-state index >= 15 is 0 Å². The van der Waals surface area contributed by atoms with Gasteiger partial charge in [0.25, 0.3) is 10.1 Å². The van der Waals surface area contributed by atoms with Crippen LogP contribution in [0.15, 0.2) is 6.07 Å². The Labute approximate surface area is 174 Å². The van der Waals surface area contributed by atoms with Gasteiger partial charge in [0.15, 0.2) is 16.3 Å². The molecule has 10 heteroatoms. The fourth-order valence-electron chi connectivity index (χ4n) is 2.19. The first-order valence-corrected chi connectivity index (χ1v) is 12.3. The van der Waals surface area contributed by atoms with Crippen molar-refractivity contribution in [2.24, 2.45) is 0 Å². The van der Waals surface area contributed by atoms with Crippen molar-refractivity contribution < 1.29 is 30.7 Å². The lowest BCUT2D eigenvalue weighted by Crippen LogP contribution is -2.31. The number of Topliss-reactive ketones (excluding diaryl/α,β-unsaturated/α-hetero) is 1. The number of carbonyl (C=O) groups is 1. The predicted octanol–water partition coefficient (Wildman–Crippen LogP) is 4.08. The molecule has 0 spiro atoms. The van der Waals surface area contributed by atoms with E-state index in [2.05, 4.69) is 0 Å². The lowest BCUT2D eigenvalue weighted by Gasteiger charge is -2.23. The molecule has 28 heavy (non-hydrogen) atoms. The van der Waals surface area contributed by atoms with Gasteiger partial charge in [-0.25, -0.2) is 4.39 Å². The number of halogens is 2. The van der Waals surface area contributed by atoms with Crippen molar-refractivity contribution in [2.45, 2.75) is 45.5 Å². The van der Waals surface area contributed by atoms with E-state index in [1.807, 2.05) is 27.0 Å². The van der Waals surface area contributed by atoms with Gasteiger partial charge in [0.1, 0.15) is 35.9 Å². The minimum Gasteiger partial charge on any atom is -0.493 e. The summed E-state index contributed by atoms with van der Waals surface area (Å²) in [4.78, 5) is 12.0. The second kappa shape index (κ2) is 9.75. The maximum absolute atomic E-state index is 15.0. The highest BCUT2D eigenvalue weighted by atomic mass is 35.5. The van der Waals surface area contributed by atoms with E-state index in [4.69, 9.17) is 24.7 Å². The number of benzene rings is 1. The van der Waals surface area contributed by atoms with Gasteiger partial charge in [-0.2, -0.15) is 12.6 Å². The number of rotatable bonds is 9. The molecular formula is C18H27ClFO6S2+. The Bertz CT molecular complexity index is 820. The summed E-state index contributed by atoms with van der Waals surface area (Å²) < 4.78 is 54.7. The Hall–Kier alpha value is -0.870. The molecule has 0 aromatic heterocycles. The Kier molecular flexibility index (Phi) is 8.77. The monoisotopic (exact) mass is 457 g/mol. The van der Waals surface area contributed by atoms with Crippen LogP contribution in [0.5, 0.6) is 5.75 Å². The van der Waals surface area contributed by atoms with E-state index in [0.29, 0.717) is 0 Å². The van der Waals surface area contributed by atoms with E-state index in [9.17, 15) is 17.6 Å². The quantitative estimate of drug-likeness (QED) is 0.316. The van der Waals surface area contributed by atoms with Crippen molar-refractivity contribution in [1.82, 2.24) is 0 Å². The average molecular weight is 458 g/mol. The van der Waals surface area contributed by atoms with Crippen molar-refractivity contribution >= 4 is 38.7 Å². The first kappa shape index (κ1) is 25.2. The molecule has 0 saturated heterocycles. The zero-order valence-electron chi connectivity index (χ0n) is 17.1. The number of ether oxygens (including phenoxy) is 1. The highest BCUT2D eigenvalue weighted by Gasteiger charge is 2.36. The summed E-state index contributed by atoms with van der Waals surface area (Å²) in [5, 5.41) is -0.336. The highest BCUT2D eigenvalue weighted by molar-refractivity contribution is 7.93. The molecule has 1 aromatic carbocycles. The zero-order chi connectivity index (χ0) is 21.9. The summed E-state index contributed by atoms with van der Waals surface area (Å²) in [7, 11) is -3.98. The van der Waals surface area contributed by atoms with Crippen LogP contribution in [0.1, 0.15) is 56.6 Å². The first-order valence-electron chi connectivity index (χ1n) is 8.52. The molecule has 2 atom stereocenters. The fourth-order valence-corrected chi connectivity index (χ4v) is 3.65. The largest absolute Gasteiger partial charge is 0.493 e. The summed E-state index contributed by atoms with van der Waals surface area (Å²) in [6, 6.07) is 1.16. The zero-order valence-corrected chi connectivity index (χ0v) is 19.5. The average Bonchev–Trinajstić information content (AvgIpc) is 2.52. The molecule has 0 heterocycles. The van der Waals surface area contributed by atoms with Crippen LogP contribution in [0.25, 0.3) is 0 Å². The van der Waals surface area contributed by atoms with E-state index in [1.54, 1.807) is 6.92 Å². The maximum Gasteiger partial charge on any atom is 0.265 e. The number of carbonyl (C=O) groups excluding carboxylic acids is 1. The molecule has 1 rings (SSSR count). The van der Waals surface area contributed by atoms with Gasteiger partial charge in [-0.15, -0.1) is 0 Å². The van der Waals surface area contributed by atoms with Gasteiger partial charge >= 0.3 is 0 Å². The summed E-state index contributed by atoms with van der Waals surface area (Å²) in [6.45, 7) is 8.68. The van der Waals surface area contributed by atoms with Crippen molar-refractivity contribution in [3.8, 4) is 5.75 Å². The van der Waals surface area contributed by atoms with Crippen molar-refractivity contribution in [1.29, 1.82) is 0 Å². The highest BCUT2D eigenvalue weighted by Crippen LogP contribution is 2.39. The summed E-state index contributed by atoms with van der Waals surface area (Å²) in [5.41, 5.74) is -0.215. The van der Waals surface area contributed by atoms with Crippen LogP contribution >= 0.6 is 11.6 Å². The topological polar surface area (TPSA) is 78.9 Å². The van der Waals surface area contributed by atoms with E-state index in [1.165, 1.54) is 6.92 Å². The second-order valence-electron chi connectivity index (χ2n) is 7.09. The molecule has 0 fully saturated rings. The Balaban J connectivity index is 3.56. The summed E-state index contributed by atoms with van der Waals surface area (Å²) >= 11 is 5.37. The van der Waals surface area contributed by atoms with E-state index < -0.39 is 39.0 Å². The van der Waals surface area contributed by atoms with Gasteiger partial charge in [0.05, 0.1) is 29.0 Å². The van der Waals surface area contributed by atoms with Crippen molar-refractivity contribution in [2.75, 3.05) is 25.7 Å². The fraction of sp³-hybridized carbons (Fsp3) is 0.611. The van der Waals surface area contributed by atoms with Gasteiger partial charge < -0.3 is 4.74 Å². The van der Waals surface area contributed by atoms with Crippen LogP contribution in [-0.2, 0) is 29.7 Å². The van der Waals surface area contributed by atoms with Gasteiger partial charge in [0.2, 0.25) is 0 Å².